The Bertz CT molecular complexity index is 695. The van der Waals surface area contributed by atoms with E-state index in [1.54, 1.807) is 0 Å². The fourth-order valence-electron chi connectivity index (χ4n) is 9.33. The Kier molecular flexibility index (Phi) is 10.7. The lowest BCUT2D eigenvalue weighted by Gasteiger charge is -2.62. The standard InChI is InChI=1S/C29H59N7O/c1-20(2)32-13-5-6-21-7-8-24-27-25(10-12-28(21,24)3)29(4)11-9-23(18-22(29)19-26(27)37)35-36-34-17-15-31-14-16-33-30/h20-27,31-37H,5-19,30H2,1-4H3/t21?,22?,23?,24?,25?,26?,27?,28?,29-/m0/s1. The van der Waals surface area contributed by atoms with Gasteiger partial charge in [0, 0.05) is 38.3 Å². The molecule has 0 aromatic rings. The maximum atomic E-state index is 11.6. The van der Waals surface area contributed by atoms with E-state index < -0.39 is 0 Å². The molecule has 216 valence electrons. The van der Waals surface area contributed by atoms with Crippen LogP contribution in [0, 0.1) is 40.4 Å². The van der Waals surface area contributed by atoms with E-state index in [1.165, 1.54) is 57.8 Å². The van der Waals surface area contributed by atoms with Crippen molar-refractivity contribution in [1.29, 1.82) is 0 Å². The molecule has 0 spiro atoms. The second kappa shape index (κ2) is 13.4. The van der Waals surface area contributed by atoms with Crippen LogP contribution in [0.2, 0.25) is 0 Å². The molecule has 9 atom stereocenters. The smallest absolute Gasteiger partial charge is 0.0577 e. The van der Waals surface area contributed by atoms with Gasteiger partial charge in [-0.1, -0.05) is 27.7 Å². The minimum Gasteiger partial charge on any atom is -0.393 e. The summed E-state index contributed by atoms with van der Waals surface area (Å²) in [5.74, 6) is 8.69. The number of fused-ring (bicyclic) bond motifs is 5. The first kappa shape index (κ1) is 29.7. The third-order valence-electron chi connectivity index (χ3n) is 11.4. The van der Waals surface area contributed by atoms with Crippen LogP contribution in [0.4, 0.5) is 0 Å². The quantitative estimate of drug-likeness (QED) is 0.0998. The van der Waals surface area contributed by atoms with Crippen LogP contribution >= 0.6 is 0 Å². The number of nitrogens with one attached hydrogen (secondary N) is 6. The molecule has 0 aromatic heterocycles. The average Bonchev–Trinajstić information content (AvgIpc) is 3.20. The SMILES string of the molecule is CC(C)NCCCC1CCC2C3C(O)CC4CC(NNNCCNCCNN)CC[C@]4(C)C3CCC12C. The molecule has 0 radical (unpaired) electrons. The monoisotopic (exact) mass is 521 g/mol. The highest BCUT2D eigenvalue weighted by atomic mass is 16.3. The van der Waals surface area contributed by atoms with Gasteiger partial charge in [-0.15, -0.1) is 0 Å². The molecule has 37 heavy (non-hydrogen) atoms. The van der Waals surface area contributed by atoms with E-state index >= 15 is 0 Å². The first-order valence-electron chi connectivity index (χ1n) is 15.6. The second-order valence-electron chi connectivity index (χ2n) is 13.7. The van der Waals surface area contributed by atoms with Gasteiger partial charge in [0.2, 0.25) is 0 Å². The van der Waals surface area contributed by atoms with Crippen LogP contribution in [0.3, 0.4) is 0 Å². The first-order valence-corrected chi connectivity index (χ1v) is 15.6. The summed E-state index contributed by atoms with van der Waals surface area (Å²) < 4.78 is 0. The Morgan fingerprint density at radius 1 is 0.892 bits per heavy atom. The Morgan fingerprint density at radius 2 is 1.65 bits per heavy atom. The van der Waals surface area contributed by atoms with E-state index in [1.807, 2.05) is 0 Å². The van der Waals surface area contributed by atoms with Crippen molar-refractivity contribution in [3.63, 3.8) is 0 Å². The number of aliphatic hydroxyl groups is 1. The van der Waals surface area contributed by atoms with Crippen molar-refractivity contribution in [3.8, 4) is 0 Å². The van der Waals surface area contributed by atoms with Gasteiger partial charge in [0.1, 0.15) is 0 Å². The number of nitrogens with two attached hydrogens (primary N) is 1. The second-order valence-corrected chi connectivity index (χ2v) is 13.7. The minimum atomic E-state index is -0.118. The fourth-order valence-corrected chi connectivity index (χ4v) is 9.33. The predicted molar refractivity (Wildman–Crippen MR) is 152 cm³/mol. The maximum Gasteiger partial charge on any atom is 0.0577 e. The number of aliphatic hydroxyl groups excluding tert-OH is 1. The third-order valence-corrected chi connectivity index (χ3v) is 11.4. The van der Waals surface area contributed by atoms with Crippen LogP contribution < -0.4 is 38.3 Å². The molecule has 4 aliphatic carbocycles. The van der Waals surface area contributed by atoms with Crippen LogP contribution in [0.1, 0.15) is 91.9 Å². The molecule has 4 saturated carbocycles. The summed E-state index contributed by atoms with van der Waals surface area (Å²) in [6.07, 6.45) is 12.6. The maximum absolute atomic E-state index is 11.6. The van der Waals surface area contributed by atoms with Gasteiger partial charge in [-0.2, -0.15) is 5.53 Å². The van der Waals surface area contributed by atoms with Crippen molar-refractivity contribution in [3.05, 3.63) is 0 Å². The van der Waals surface area contributed by atoms with Gasteiger partial charge >= 0.3 is 0 Å². The van der Waals surface area contributed by atoms with Crippen molar-refractivity contribution in [2.45, 2.75) is 110 Å². The molecule has 8 unspecified atom stereocenters. The van der Waals surface area contributed by atoms with Gasteiger partial charge in [0.15, 0.2) is 0 Å². The van der Waals surface area contributed by atoms with Crippen molar-refractivity contribution < 1.29 is 5.11 Å². The number of hydrazine groups is 3. The summed E-state index contributed by atoms with van der Waals surface area (Å²) in [6.45, 7) is 14.2. The number of hydrogen-bond acceptors (Lipinski definition) is 8. The summed E-state index contributed by atoms with van der Waals surface area (Å²) in [7, 11) is 0. The predicted octanol–water partition coefficient (Wildman–Crippen LogP) is 2.41. The van der Waals surface area contributed by atoms with Gasteiger partial charge in [-0.25, -0.2) is 10.9 Å². The van der Waals surface area contributed by atoms with Crippen LogP contribution in [0.15, 0.2) is 0 Å². The zero-order valence-electron chi connectivity index (χ0n) is 24.2. The number of rotatable bonds is 14. The lowest BCUT2D eigenvalue weighted by molar-refractivity contribution is -0.165. The highest BCUT2D eigenvalue weighted by Gasteiger charge is 2.62. The molecule has 0 amide bonds. The molecule has 8 nitrogen and oxygen atoms in total. The summed E-state index contributed by atoms with van der Waals surface area (Å²) in [5.41, 5.74) is 13.5. The van der Waals surface area contributed by atoms with Gasteiger partial charge in [0.25, 0.3) is 0 Å². The van der Waals surface area contributed by atoms with E-state index in [9.17, 15) is 5.11 Å². The Balaban J connectivity index is 1.27. The molecule has 0 heterocycles. The van der Waals surface area contributed by atoms with Gasteiger partial charge in [0.05, 0.1) is 6.10 Å². The molecule has 4 fully saturated rings. The first-order chi connectivity index (χ1) is 17.8. The van der Waals surface area contributed by atoms with Gasteiger partial charge in [-0.05, 0) is 111 Å². The molecule has 4 aliphatic rings. The highest BCUT2D eigenvalue weighted by molar-refractivity contribution is 5.11. The summed E-state index contributed by atoms with van der Waals surface area (Å²) >= 11 is 0. The Hall–Kier alpha value is -0.320. The fraction of sp³-hybridized carbons (Fsp3) is 1.00. The largest absolute Gasteiger partial charge is 0.393 e. The van der Waals surface area contributed by atoms with E-state index in [0.29, 0.717) is 40.7 Å². The van der Waals surface area contributed by atoms with Gasteiger partial charge < -0.3 is 15.7 Å². The average molecular weight is 522 g/mol. The van der Waals surface area contributed by atoms with Gasteiger partial charge in [-0.3, -0.25) is 11.3 Å². The lowest BCUT2D eigenvalue weighted by atomic mass is 9.44. The van der Waals surface area contributed by atoms with Crippen LogP contribution in [0.5, 0.6) is 0 Å². The zero-order valence-corrected chi connectivity index (χ0v) is 24.2. The molecule has 4 rings (SSSR count). The Morgan fingerprint density at radius 3 is 2.43 bits per heavy atom. The Labute approximate surface area is 226 Å². The van der Waals surface area contributed by atoms with E-state index in [4.69, 9.17) is 5.84 Å². The molecule has 0 aromatic carbocycles. The highest BCUT2D eigenvalue weighted by Crippen LogP contribution is 2.67. The van der Waals surface area contributed by atoms with E-state index in [2.05, 4.69) is 60.1 Å². The zero-order chi connectivity index (χ0) is 26.5. The summed E-state index contributed by atoms with van der Waals surface area (Å²) in [6, 6.07) is 1.05. The molecular weight excluding hydrogens is 462 g/mol. The molecule has 0 bridgehead atoms. The molecule has 8 heteroatoms. The normalized spacial score (nSPS) is 41.4. The molecular formula is C29H59N7O. The van der Waals surface area contributed by atoms with Crippen molar-refractivity contribution >= 4 is 0 Å². The molecule has 9 N–H and O–H groups in total. The van der Waals surface area contributed by atoms with E-state index in [-0.39, 0.29) is 6.10 Å². The summed E-state index contributed by atoms with van der Waals surface area (Å²) in [4.78, 5) is 0. The number of hydrogen-bond donors (Lipinski definition) is 8. The van der Waals surface area contributed by atoms with Crippen molar-refractivity contribution in [2.24, 2.45) is 46.3 Å². The third kappa shape index (κ3) is 6.71. The van der Waals surface area contributed by atoms with Crippen molar-refractivity contribution in [2.75, 3.05) is 32.7 Å². The van der Waals surface area contributed by atoms with Crippen molar-refractivity contribution in [1.82, 2.24) is 32.4 Å². The van der Waals surface area contributed by atoms with E-state index in [0.717, 1.165) is 51.0 Å². The topological polar surface area (TPSA) is 118 Å². The summed E-state index contributed by atoms with van der Waals surface area (Å²) in [5, 5.41) is 18.6. The molecule has 0 saturated heterocycles. The van der Waals surface area contributed by atoms with Crippen LogP contribution in [-0.2, 0) is 0 Å². The lowest BCUT2D eigenvalue weighted by Crippen LogP contribution is -2.60. The minimum absolute atomic E-state index is 0.118. The molecule has 0 aliphatic heterocycles. The van der Waals surface area contributed by atoms with Crippen LogP contribution in [-0.4, -0.2) is 56.0 Å². The van der Waals surface area contributed by atoms with Crippen LogP contribution in [0.25, 0.3) is 0 Å².